The topological polar surface area (TPSA) is 83.9 Å². The van der Waals surface area contributed by atoms with E-state index in [1.165, 1.54) is 6.42 Å². The number of hydrogen-bond donors (Lipinski definition) is 1. The fourth-order valence-corrected chi connectivity index (χ4v) is 3.74. The van der Waals surface area contributed by atoms with E-state index in [4.69, 9.17) is 17.3 Å². The van der Waals surface area contributed by atoms with Crippen LogP contribution in [0.1, 0.15) is 55.2 Å². The zero-order chi connectivity index (χ0) is 20.3. The average molecular weight is 406 g/mol. The number of pyridine rings is 1. The maximum Gasteiger partial charge on any atom is 0.274 e. The Morgan fingerprint density at radius 2 is 1.86 bits per heavy atom. The van der Waals surface area contributed by atoms with E-state index in [0.717, 1.165) is 44.5 Å². The van der Waals surface area contributed by atoms with E-state index in [9.17, 15) is 9.59 Å². The van der Waals surface area contributed by atoms with E-state index in [1.807, 2.05) is 21.2 Å². The smallest absolute Gasteiger partial charge is 0.274 e. The van der Waals surface area contributed by atoms with Crippen LogP contribution in [0.2, 0.25) is 5.02 Å². The molecule has 3 heterocycles. The first kappa shape index (κ1) is 20.6. The van der Waals surface area contributed by atoms with E-state index in [-0.39, 0.29) is 5.91 Å². The summed E-state index contributed by atoms with van der Waals surface area (Å²) in [6, 6.07) is 3.09. The van der Waals surface area contributed by atoms with Crippen LogP contribution in [-0.2, 0) is 11.3 Å². The number of carbonyl (C=O) groups is 2. The second-order valence-corrected chi connectivity index (χ2v) is 7.97. The van der Waals surface area contributed by atoms with Crippen LogP contribution in [0.5, 0.6) is 0 Å². The minimum Gasteiger partial charge on any atom is -0.368 e. The number of rotatable bonds is 5. The van der Waals surface area contributed by atoms with Crippen LogP contribution in [0, 0.1) is 0 Å². The number of nitrogens with zero attached hydrogens (tertiary/aromatic N) is 4. The summed E-state index contributed by atoms with van der Waals surface area (Å²) in [7, 11) is 1.81. The molecular formula is C20H28ClN5O2. The summed E-state index contributed by atoms with van der Waals surface area (Å²) < 4.78 is 1.84. The molecule has 1 fully saturated rings. The molecule has 0 spiro atoms. The van der Waals surface area contributed by atoms with Crippen LogP contribution in [-0.4, -0.2) is 57.2 Å². The average Bonchev–Trinajstić information content (AvgIpc) is 2.98. The lowest BCUT2D eigenvalue weighted by Crippen LogP contribution is -2.40. The summed E-state index contributed by atoms with van der Waals surface area (Å²) in [6.45, 7) is 3.61. The lowest BCUT2D eigenvalue weighted by molar-refractivity contribution is -0.122. The molecule has 28 heavy (non-hydrogen) atoms. The maximum atomic E-state index is 13.3. The van der Waals surface area contributed by atoms with Gasteiger partial charge in [-0.3, -0.25) is 14.5 Å². The molecule has 1 unspecified atom stereocenters. The SMILES string of the molecule is CC(C(N)=O)N(C)Cc1c(C(=O)N2CCCCCCC2)nc2ccc(Cl)cn12. The molecule has 2 N–H and O–H groups in total. The number of imidazole rings is 1. The highest BCUT2D eigenvalue weighted by Gasteiger charge is 2.26. The molecule has 1 aliphatic heterocycles. The van der Waals surface area contributed by atoms with Gasteiger partial charge in [-0.15, -0.1) is 0 Å². The molecule has 2 aromatic heterocycles. The van der Waals surface area contributed by atoms with Crippen molar-refractivity contribution in [3.05, 3.63) is 34.7 Å². The maximum absolute atomic E-state index is 13.3. The largest absolute Gasteiger partial charge is 0.368 e. The highest BCUT2D eigenvalue weighted by atomic mass is 35.5. The first-order chi connectivity index (χ1) is 13.4. The number of primary amides is 1. The summed E-state index contributed by atoms with van der Waals surface area (Å²) in [5, 5.41) is 0.557. The number of hydrogen-bond acceptors (Lipinski definition) is 4. The number of halogens is 1. The highest BCUT2D eigenvalue weighted by Crippen LogP contribution is 2.21. The Labute approximate surface area is 170 Å². The summed E-state index contributed by atoms with van der Waals surface area (Å²) >= 11 is 6.19. The predicted octanol–water partition coefficient (Wildman–Crippen LogP) is 2.70. The predicted molar refractivity (Wildman–Crippen MR) is 109 cm³/mol. The zero-order valence-electron chi connectivity index (χ0n) is 16.5. The lowest BCUT2D eigenvalue weighted by Gasteiger charge is -2.25. The minimum atomic E-state index is -0.464. The molecule has 1 atom stereocenters. The van der Waals surface area contributed by atoms with E-state index in [2.05, 4.69) is 4.98 Å². The van der Waals surface area contributed by atoms with Gasteiger partial charge < -0.3 is 15.0 Å². The third kappa shape index (κ3) is 4.47. The quantitative estimate of drug-likeness (QED) is 0.828. The molecular weight excluding hydrogens is 378 g/mol. The van der Waals surface area contributed by atoms with Gasteiger partial charge in [0.1, 0.15) is 5.65 Å². The molecule has 1 aliphatic rings. The van der Waals surface area contributed by atoms with Crippen molar-refractivity contribution in [1.29, 1.82) is 0 Å². The molecule has 0 aliphatic carbocycles. The molecule has 7 nitrogen and oxygen atoms in total. The van der Waals surface area contributed by atoms with Gasteiger partial charge in [0.05, 0.1) is 16.8 Å². The monoisotopic (exact) mass is 405 g/mol. The van der Waals surface area contributed by atoms with Crippen molar-refractivity contribution >= 4 is 29.1 Å². The molecule has 0 bridgehead atoms. The van der Waals surface area contributed by atoms with Gasteiger partial charge in [-0.2, -0.15) is 0 Å². The molecule has 0 saturated carbocycles. The van der Waals surface area contributed by atoms with Crippen molar-refractivity contribution < 1.29 is 9.59 Å². The fraction of sp³-hybridized carbons (Fsp3) is 0.550. The zero-order valence-corrected chi connectivity index (χ0v) is 17.3. The Balaban J connectivity index is 1.98. The number of amides is 2. The van der Waals surface area contributed by atoms with Crippen LogP contribution >= 0.6 is 11.6 Å². The van der Waals surface area contributed by atoms with Crippen molar-refractivity contribution in [2.75, 3.05) is 20.1 Å². The van der Waals surface area contributed by atoms with Crippen LogP contribution in [0.3, 0.4) is 0 Å². The van der Waals surface area contributed by atoms with E-state index >= 15 is 0 Å². The molecule has 0 radical (unpaired) electrons. The van der Waals surface area contributed by atoms with Crippen molar-refractivity contribution in [1.82, 2.24) is 19.2 Å². The molecule has 1 saturated heterocycles. The van der Waals surface area contributed by atoms with Gasteiger partial charge in [-0.1, -0.05) is 30.9 Å². The standard InChI is InChI=1S/C20H28ClN5O2/c1-14(19(22)27)24(2)13-16-18(23-17-9-8-15(21)12-26(16)17)20(28)25-10-6-4-3-5-7-11-25/h8-9,12,14H,3-7,10-11,13H2,1-2H3,(H2,22,27). The van der Waals surface area contributed by atoms with E-state index < -0.39 is 11.9 Å². The van der Waals surface area contributed by atoms with E-state index in [0.29, 0.717) is 22.9 Å². The van der Waals surface area contributed by atoms with Crippen LogP contribution < -0.4 is 5.73 Å². The second kappa shape index (κ2) is 8.92. The van der Waals surface area contributed by atoms with Gasteiger partial charge in [-0.05, 0) is 38.9 Å². The Morgan fingerprint density at radius 3 is 2.50 bits per heavy atom. The van der Waals surface area contributed by atoms with Gasteiger partial charge >= 0.3 is 0 Å². The Kier molecular flexibility index (Phi) is 6.57. The molecule has 0 aromatic carbocycles. The van der Waals surface area contributed by atoms with Gasteiger partial charge in [0.25, 0.3) is 5.91 Å². The number of fused-ring (bicyclic) bond motifs is 1. The normalized spacial score (nSPS) is 16.8. The molecule has 152 valence electrons. The summed E-state index contributed by atoms with van der Waals surface area (Å²) in [6.07, 6.45) is 7.31. The third-order valence-electron chi connectivity index (χ3n) is 5.50. The lowest BCUT2D eigenvalue weighted by atomic mass is 10.1. The van der Waals surface area contributed by atoms with Crippen molar-refractivity contribution in [3.63, 3.8) is 0 Å². The second-order valence-electron chi connectivity index (χ2n) is 7.54. The number of nitrogens with two attached hydrogens (primary N) is 1. The van der Waals surface area contributed by atoms with Crippen LogP contribution in [0.25, 0.3) is 5.65 Å². The van der Waals surface area contributed by atoms with Gasteiger partial charge in [0.2, 0.25) is 5.91 Å². The number of carbonyl (C=O) groups excluding carboxylic acids is 2. The Morgan fingerprint density at radius 1 is 1.21 bits per heavy atom. The number of likely N-dealkylation sites (N-methyl/N-ethyl adjacent to an activating group) is 1. The first-order valence-corrected chi connectivity index (χ1v) is 10.2. The number of likely N-dealkylation sites (tertiary alicyclic amines) is 1. The van der Waals surface area contributed by atoms with Gasteiger partial charge in [0.15, 0.2) is 5.69 Å². The molecule has 2 amide bonds. The summed E-state index contributed by atoms with van der Waals surface area (Å²) in [5.41, 5.74) is 7.26. The minimum absolute atomic E-state index is 0.0585. The third-order valence-corrected chi connectivity index (χ3v) is 5.72. The van der Waals surface area contributed by atoms with Crippen LogP contribution in [0.4, 0.5) is 0 Å². The summed E-state index contributed by atoms with van der Waals surface area (Å²) in [4.78, 5) is 33.3. The number of aromatic nitrogens is 2. The fourth-order valence-electron chi connectivity index (χ4n) is 3.58. The van der Waals surface area contributed by atoms with Crippen molar-refractivity contribution in [2.45, 2.75) is 51.6 Å². The Hall–Kier alpha value is -2.12. The van der Waals surface area contributed by atoms with Crippen molar-refractivity contribution in [2.24, 2.45) is 5.73 Å². The summed E-state index contributed by atoms with van der Waals surface area (Å²) in [5.74, 6) is -0.470. The van der Waals surface area contributed by atoms with Crippen molar-refractivity contribution in [3.8, 4) is 0 Å². The van der Waals surface area contributed by atoms with E-state index in [1.54, 1.807) is 25.3 Å². The van der Waals surface area contributed by atoms with Gasteiger partial charge in [0, 0.05) is 25.8 Å². The first-order valence-electron chi connectivity index (χ1n) is 9.84. The van der Waals surface area contributed by atoms with Crippen LogP contribution in [0.15, 0.2) is 18.3 Å². The Bertz CT molecular complexity index is 858. The molecule has 3 rings (SSSR count). The van der Waals surface area contributed by atoms with Gasteiger partial charge in [-0.25, -0.2) is 4.98 Å². The molecule has 8 heteroatoms. The molecule has 2 aromatic rings. The highest BCUT2D eigenvalue weighted by molar-refractivity contribution is 6.30.